The van der Waals surface area contributed by atoms with Gasteiger partial charge >= 0.3 is 0 Å². The second kappa shape index (κ2) is 8.21. The van der Waals surface area contributed by atoms with E-state index in [1.807, 2.05) is 30.3 Å². The number of nitrogens with one attached hydrogen (secondary N) is 1. The minimum atomic E-state index is -0.410. The van der Waals surface area contributed by atoms with Crippen LogP contribution in [-0.2, 0) is 16.2 Å². The van der Waals surface area contributed by atoms with Gasteiger partial charge < -0.3 is 10.1 Å². The molecule has 0 unspecified atom stereocenters. The molecule has 0 fully saturated rings. The Kier molecular flexibility index (Phi) is 5.75. The predicted molar refractivity (Wildman–Crippen MR) is 104 cm³/mol. The van der Waals surface area contributed by atoms with Gasteiger partial charge in [0.05, 0.1) is 4.91 Å². The summed E-state index contributed by atoms with van der Waals surface area (Å²) in [4.78, 5) is 27.4. The standard InChI is InChI=1S/C19H15ClN2O3S/c1-12(23)21-19-22-18(24)17(26-19)10-14-9-15(20)7-8-16(14)25-11-13-5-3-2-4-6-13/h2-10H,11H2,1H3,(H,21,22,23,24). The van der Waals surface area contributed by atoms with Crippen LogP contribution in [0.4, 0.5) is 0 Å². The molecule has 2 aromatic carbocycles. The first-order valence-electron chi connectivity index (χ1n) is 7.78. The maximum Gasteiger partial charge on any atom is 0.286 e. The van der Waals surface area contributed by atoms with Crippen LogP contribution in [0.25, 0.3) is 6.08 Å². The molecule has 0 spiro atoms. The number of nitrogens with zero attached hydrogens (tertiary/aromatic N) is 1. The van der Waals surface area contributed by atoms with E-state index in [1.165, 1.54) is 6.92 Å². The number of carbonyl (C=O) groups is 2. The van der Waals surface area contributed by atoms with E-state index in [-0.39, 0.29) is 11.1 Å². The van der Waals surface area contributed by atoms with Gasteiger partial charge in [-0.1, -0.05) is 41.9 Å². The largest absolute Gasteiger partial charge is 0.488 e. The van der Waals surface area contributed by atoms with E-state index in [9.17, 15) is 9.59 Å². The molecule has 26 heavy (non-hydrogen) atoms. The number of thioether (sulfide) groups is 1. The number of hydrogen-bond donors (Lipinski definition) is 1. The molecule has 0 radical (unpaired) electrons. The molecule has 0 saturated carbocycles. The molecule has 0 aromatic heterocycles. The molecular weight excluding hydrogens is 372 g/mol. The summed E-state index contributed by atoms with van der Waals surface area (Å²) in [6.45, 7) is 1.76. The van der Waals surface area contributed by atoms with Crippen molar-refractivity contribution >= 4 is 46.4 Å². The van der Waals surface area contributed by atoms with Gasteiger partial charge in [0.25, 0.3) is 5.91 Å². The predicted octanol–water partition coefficient (Wildman–Crippen LogP) is 4.03. The second-order valence-electron chi connectivity index (χ2n) is 5.47. The summed E-state index contributed by atoms with van der Waals surface area (Å²) in [7, 11) is 0. The van der Waals surface area contributed by atoms with E-state index < -0.39 is 5.91 Å². The Bertz CT molecular complexity index is 910. The molecule has 1 N–H and O–H groups in total. The quantitative estimate of drug-likeness (QED) is 0.805. The van der Waals surface area contributed by atoms with Crippen molar-refractivity contribution in [3.05, 3.63) is 69.6 Å². The van der Waals surface area contributed by atoms with Crippen LogP contribution in [-0.4, -0.2) is 17.0 Å². The zero-order valence-electron chi connectivity index (χ0n) is 13.9. The van der Waals surface area contributed by atoms with Gasteiger partial charge in [-0.05, 0) is 41.6 Å². The Morgan fingerprint density at radius 2 is 2.04 bits per heavy atom. The van der Waals surface area contributed by atoms with Crippen molar-refractivity contribution in [1.29, 1.82) is 0 Å². The lowest BCUT2D eigenvalue weighted by atomic mass is 10.1. The molecule has 0 saturated heterocycles. The summed E-state index contributed by atoms with van der Waals surface area (Å²) >= 11 is 7.19. The smallest absolute Gasteiger partial charge is 0.286 e. The number of hydrogen-bond acceptors (Lipinski definition) is 4. The zero-order chi connectivity index (χ0) is 18.5. The average molecular weight is 387 g/mol. The number of aliphatic imine (C=N–C) groups is 1. The van der Waals surface area contributed by atoms with Gasteiger partial charge in [0.1, 0.15) is 12.4 Å². The molecular formula is C19H15ClN2O3S. The number of halogens is 1. The van der Waals surface area contributed by atoms with Crippen LogP contribution in [0.2, 0.25) is 5.02 Å². The SMILES string of the molecule is CC(=O)NC1=NC(=O)C(=Cc2cc(Cl)ccc2OCc2ccccc2)S1. The highest BCUT2D eigenvalue weighted by molar-refractivity contribution is 8.18. The molecule has 3 rings (SSSR count). The third-order valence-corrected chi connectivity index (χ3v) is 4.53. The van der Waals surface area contributed by atoms with Crippen LogP contribution in [0.5, 0.6) is 5.75 Å². The maximum atomic E-state index is 12.0. The molecule has 0 aliphatic carbocycles. The lowest BCUT2D eigenvalue weighted by Gasteiger charge is -2.10. The van der Waals surface area contributed by atoms with Gasteiger partial charge in [0.15, 0.2) is 5.17 Å². The number of amidine groups is 1. The molecule has 1 heterocycles. The highest BCUT2D eigenvalue weighted by atomic mass is 35.5. The van der Waals surface area contributed by atoms with Crippen molar-refractivity contribution in [3.8, 4) is 5.75 Å². The highest BCUT2D eigenvalue weighted by Gasteiger charge is 2.23. The fraction of sp³-hybridized carbons (Fsp3) is 0.105. The summed E-state index contributed by atoms with van der Waals surface area (Å²) in [6.07, 6.45) is 1.66. The monoisotopic (exact) mass is 386 g/mol. The minimum Gasteiger partial charge on any atom is -0.488 e. The molecule has 0 bridgehead atoms. The number of rotatable bonds is 4. The Morgan fingerprint density at radius 1 is 1.27 bits per heavy atom. The van der Waals surface area contributed by atoms with Gasteiger partial charge in [0.2, 0.25) is 5.91 Å². The van der Waals surface area contributed by atoms with Crippen molar-refractivity contribution in [2.24, 2.45) is 4.99 Å². The van der Waals surface area contributed by atoms with Crippen LogP contribution in [0.15, 0.2) is 58.4 Å². The van der Waals surface area contributed by atoms with Crippen molar-refractivity contribution in [2.75, 3.05) is 0 Å². The van der Waals surface area contributed by atoms with Gasteiger partial charge in [-0.15, -0.1) is 0 Å². The van der Waals surface area contributed by atoms with Crippen molar-refractivity contribution < 1.29 is 14.3 Å². The van der Waals surface area contributed by atoms with E-state index in [0.717, 1.165) is 17.3 Å². The number of carbonyl (C=O) groups excluding carboxylic acids is 2. The van der Waals surface area contributed by atoms with Crippen LogP contribution in [0.1, 0.15) is 18.1 Å². The van der Waals surface area contributed by atoms with E-state index in [4.69, 9.17) is 16.3 Å². The van der Waals surface area contributed by atoms with Gasteiger partial charge in [-0.3, -0.25) is 9.59 Å². The summed E-state index contributed by atoms with van der Waals surface area (Å²) < 4.78 is 5.88. The first-order valence-corrected chi connectivity index (χ1v) is 8.97. The third-order valence-electron chi connectivity index (χ3n) is 3.40. The molecule has 7 heteroatoms. The molecule has 1 aliphatic rings. The van der Waals surface area contributed by atoms with Crippen molar-refractivity contribution in [3.63, 3.8) is 0 Å². The Labute approximate surface area is 160 Å². The lowest BCUT2D eigenvalue weighted by molar-refractivity contribution is -0.117. The molecule has 2 amide bonds. The number of amides is 2. The molecule has 2 aromatic rings. The van der Waals surface area contributed by atoms with E-state index in [1.54, 1.807) is 24.3 Å². The Balaban J connectivity index is 1.80. The Morgan fingerprint density at radius 3 is 2.77 bits per heavy atom. The van der Waals surface area contributed by atoms with E-state index in [0.29, 0.717) is 27.8 Å². The summed E-state index contributed by atoms with van der Waals surface area (Å²) in [5.74, 6) is -0.0835. The lowest BCUT2D eigenvalue weighted by Crippen LogP contribution is -2.23. The van der Waals surface area contributed by atoms with Gasteiger partial charge in [0, 0.05) is 17.5 Å². The van der Waals surface area contributed by atoms with Crippen LogP contribution < -0.4 is 10.1 Å². The normalized spacial score (nSPS) is 15.1. The van der Waals surface area contributed by atoms with Crippen LogP contribution in [0, 0.1) is 0 Å². The van der Waals surface area contributed by atoms with Crippen LogP contribution >= 0.6 is 23.4 Å². The van der Waals surface area contributed by atoms with Crippen molar-refractivity contribution in [1.82, 2.24) is 5.32 Å². The van der Waals surface area contributed by atoms with Crippen LogP contribution in [0.3, 0.4) is 0 Å². The maximum absolute atomic E-state index is 12.0. The molecule has 0 atom stereocenters. The summed E-state index contributed by atoms with van der Waals surface area (Å²) in [6, 6.07) is 15.0. The topological polar surface area (TPSA) is 67.8 Å². The zero-order valence-corrected chi connectivity index (χ0v) is 15.4. The second-order valence-corrected chi connectivity index (χ2v) is 6.94. The van der Waals surface area contributed by atoms with Crippen molar-refractivity contribution in [2.45, 2.75) is 13.5 Å². The van der Waals surface area contributed by atoms with E-state index >= 15 is 0 Å². The fourth-order valence-corrected chi connectivity index (χ4v) is 3.28. The molecule has 5 nitrogen and oxygen atoms in total. The minimum absolute atomic E-state index is 0.266. The first-order chi connectivity index (χ1) is 12.5. The third kappa shape index (κ3) is 4.74. The summed E-state index contributed by atoms with van der Waals surface area (Å²) in [5, 5.41) is 3.31. The Hall–Kier alpha value is -2.57. The average Bonchev–Trinajstić information content (AvgIpc) is 2.93. The molecule has 132 valence electrons. The fourth-order valence-electron chi connectivity index (χ4n) is 2.25. The van der Waals surface area contributed by atoms with E-state index in [2.05, 4.69) is 10.3 Å². The number of benzene rings is 2. The van der Waals surface area contributed by atoms with Gasteiger partial charge in [-0.2, -0.15) is 4.99 Å². The van der Waals surface area contributed by atoms with Gasteiger partial charge in [-0.25, -0.2) is 0 Å². The summed E-state index contributed by atoms with van der Waals surface area (Å²) in [5.41, 5.74) is 1.70. The number of ether oxygens (including phenoxy) is 1. The first kappa shape index (κ1) is 18.2. The molecule has 1 aliphatic heterocycles. The highest BCUT2D eigenvalue weighted by Crippen LogP contribution is 2.32.